The second-order valence-electron chi connectivity index (χ2n) is 8.84. The molecule has 0 fully saturated rings. The molecule has 0 aromatic heterocycles. The summed E-state index contributed by atoms with van der Waals surface area (Å²) in [5, 5.41) is 24.4. The van der Waals surface area contributed by atoms with Crippen LogP contribution in [-0.2, 0) is 32.0 Å². The Hall–Kier alpha value is -3.36. The lowest BCUT2D eigenvalue weighted by Gasteiger charge is -2.27. The number of rotatable bonds is 13. The summed E-state index contributed by atoms with van der Waals surface area (Å²) in [6, 6.07) is 16.5. The van der Waals surface area contributed by atoms with Crippen molar-refractivity contribution in [2.45, 2.75) is 45.6 Å². The maximum absolute atomic E-state index is 12.1. The molecule has 0 saturated heterocycles. The van der Waals surface area contributed by atoms with E-state index < -0.39 is 29.0 Å². The molecule has 0 aliphatic rings. The smallest absolute Gasteiger partial charge is 0.249 e. The number of hydrogen-bond acceptors (Lipinski definition) is 6. The van der Waals surface area contributed by atoms with Crippen molar-refractivity contribution in [3.63, 3.8) is 0 Å². The number of aliphatic hydroxyl groups excluding tert-OH is 2. The van der Waals surface area contributed by atoms with Crippen LogP contribution in [0, 0.1) is 5.41 Å². The Morgan fingerprint density at radius 1 is 0.882 bits per heavy atom. The van der Waals surface area contributed by atoms with E-state index in [0.29, 0.717) is 12.1 Å². The predicted molar refractivity (Wildman–Crippen MR) is 128 cm³/mol. The monoisotopic (exact) mass is 468 g/mol. The molecule has 0 aliphatic heterocycles. The zero-order valence-electron chi connectivity index (χ0n) is 19.5. The molecule has 0 aliphatic carbocycles. The number of amides is 2. The van der Waals surface area contributed by atoms with E-state index in [2.05, 4.69) is 10.6 Å². The van der Waals surface area contributed by atoms with Gasteiger partial charge in [0, 0.05) is 30.5 Å². The summed E-state index contributed by atoms with van der Waals surface area (Å²) in [5.74, 6) is -1.96. The molecule has 0 bridgehead atoms. The van der Waals surface area contributed by atoms with Gasteiger partial charge in [-0.2, -0.15) is 0 Å². The van der Waals surface area contributed by atoms with Crippen LogP contribution < -0.4 is 10.6 Å². The lowest BCUT2D eigenvalue weighted by molar-refractivity contribution is -0.138. The quantitative estimate of drug-likeness (QED) is 0.332. The first kappa shape index (κ1) is 26.9. The second-order valence-corrected chi connectivity index (χ2v) is 8.84. The highest BCUT2D eigenvalue weighted by Crippen LogP contribution is 2.19. The first-order chi connectivity index (χ1) is 16.1. The highest BCUT2D eigenvalue weighted by atomic mass is 16.3. The fourth-order valence-corrected chi connectivity index (χ4v) is 3.12. The Morgan fingerprint density at radius 3 is 2.12 bits per heavy atom. The maximum atomic E-state index is 12.1. The first-order valence-corrected chi connectivity index (χ1v) is 11.2. The van der Waals surface area contributed by atoms with Crippen molar-refractivity contribution in [1.82, 2.24) is 5.32 Å². The van der Waals surface area contributed by atoms with E-state index in [1.807, 2.05) is 30.3 Å². The highest BCUT2D eigenvalue weighted by Gasteiger charge is 2.32. The molecule has 2 aromatic carbocycles. The van der Waals surface area contributed by atoms with Gasteiger partial charge in [0.2, 0.25) is 11.8 Å². The van der Waals surface area contributed by atoms with E-state index in [0.717, 1.165) is 11.1 Å². The van der Waals surface area contributed by atoms with Crippen molar-refractivity contribution in [2.75, 3.05) is 18.5 Å². The Bertz CT molecular complexity index is 986. The van der Waals surface area contributed by atoms with Gasteiger partial charge < -0.3 is 20.8 Å². The van der Waals surface area contributed by atoms with Gasteiger partial charge in [0.05, 0.1) is 13.0 Å². The van der Waals surface area contributed by atoms with Gasteiger partial charge in [0.15, 0.2) is 11.6 Å². The lowest BCUT2D eigenvalue weighted by atomic mass is 9.87. The van der Waals surface area contributed by atoms with E-state index in [1.165, 1.54) is 13.8 Å². The fraction of sp³-hybridized carbons (Fsp3) is 0.385. The number of carbonyl (C=O) groups is 4. The molecule has 4 N–H and O–H groups in total. The van der Waals surface area contributed by atoms with Crippen LogP contribution in [0.25, 0.3) is 0 Å². The Balaban J connectivity index is 1.72. The van der Waals surface area contributed by atoms with Crippen LogP contribution in [0.3, 0.4) is 0 Å². The number of aryl methyl sites for hydroxylation is 1. The summed E-state index contributed by atoms with van der Waals surface area (Å²) in [6.07, 6.45) is -0.902. The van der Waals surface area contributed by atoms with Crippen LogP contribution in [0.1, 0.15) is 37.8 Å². The summed E-state index contributed by atoms with van der Waals surface area (Å²) < 4.78 is 0. The van der Waals surface area contributed by atoms with E-state index in [1.54, 1.807) is 24.3 Å². The maximum Gasteiger partial charge on any atom is 0.249 e. The summed E-state index contributed by atoms with van der Waals surface area (Å²) in [7, 11) is 0. The number of anilines is 1. The number of Topliss-reactive ketones (excluding diaryl/α,β-unsaturated/α-hetero) is 2. The number of ketones is 2. The fourth-order valence-electron chi connectivity index (χ4n) is 3.12. The van der Waals surface area contributed by atoms with Crippen molar-refractivity contribution in [1.29, 1.82) is 0 Å². The van der Waals surface area contributed by atoms with Crippen LogP contribution in [0.5, 0.6) is 0 Å². The van der Waals surface area contributed by atoms with Crippen molar-refractivity contribution in [3.05, 3.63) is 65.7 Å². The van der Waals surface area contributed by atoms with Gasteiger partial charge in [-0.05, 0) is 29.7 Å². The van der Waals surface area contributed by atoms with Crippen molar-refractivity contribution >= 4 is 29.1 Å². The first-order valence-electron chi connectivity index (χ1n) is 11.2. The minimum absolute atomic E-state index is 0.0344. The molecule has 2 aromatic rings. The molecular weight excluding hydrogens is 436 g/mol. The van der Waals surface area contributed by atoms with Crippen molar-refractivity contribution in [3.8, 4) is 0 Å². The van der Waals surface area contributed by atoms with Gasteiger partial charge in [-0.3, -0.25) is 19.2 Å². The molecule has 0 radical (unpaired) electrons. The number of carbonyl (C=O) groups excluding carboxylic acids is 4. The third-order valence-electron chi connectivity index (χ3n) is 5.44. The number of aliphatic hydroxyl groups is 2. The predicted octanol–water partition coefficient (Wildman–Crippen LogP) is 1.82. The number of benzene rings is 2. The van der Waals surface area contributed by atoms with Gasteiger partial charge >= 0.3 is 0 Å². The van der Waals surface area contributed by atoms with Crippen molar-refractivity contribution < 1.29 is 29.4 Å². The van der Waals surface area contributed by atoms with Crippen LogP contribution in [0.2, 0.25) is 0 Å². The van der Waals surface area contributed by atoms with Gasteiger partial charge in [0.25, 0.3) is 0 Å². The van der Waals surface area contributed by atoms with E-state index >= 15 is 0 Å². The van der Waals surface area contributed by atoms with Gasteiger partial charge in [0.1, 0.15) is 6.10 Å². The molecule has 0 saturated carbocycles. The molecule has 1 atom stereocenters. The molecule has 34 heavy (non-hydrogen) atoms. The molecule has 2 rings (SSSR count). The Kier molecular flexibility index (Phi) is 10.1. The van der Waals surface area contributed by atoms with Gasteiger partial charge in [-0.25, -0.2) is 0 Å². The number of hydrogen-bond donors (Lipinski definition) is 4. The standard InChI is InChI=1S/C26H32N2O6/c1-26(2,17-29)24(33)25(34)27-15-14-22(31)21(30)13-10-18-8-11-20(12-9-18)28-23(32)16-19-6-4-3-5-7-19/h3-9,11-12,24,29,33H,10,13-17H2,1-2H3,(H,27,34)(H,28,32)/t24-/m0/s1. The normalized spacial score (nSPS) is 12.0. The second kappa shape index (κ2) is 12.8. The average molecular weight is 469 g/mol. The molecule has 2 amide bonds. The zero-order chi connectivity index (χ0) is 25.1. The minimum atomic E-state index is -1.42. The lowest BCUT2D eigenvalue weighted by Crippen LogP contribution is -2.46. The Morgan fingerprint density at radius 2 is 1.50 bits per heavy atom. The molecule has 182 valence electrons. The third kappa shape index (κ3) is 8.53. The molecule has 0 unspecified atom stereocenters. The van der Waals surface area contributed by atoms with Gasteiger partial charge in [-0.1, -0.05) is 56.3 Å². The number of nitrogens with one attached hydrogen (secondary N) is 2. The summed E-state index contributed by atoms with van der Waals surface area (Å²) in [6.45, 7) is 2.63. The van der Waals surface area contributed by atoms with E-state index in [-0.39, 0.29) is 38.3 Å². The summed E-state index contributed by atoms with van der Waals surface area (Å²) >= 11 is 0. The summed E-state index contributed by atoms with van der Waals surface area (Å²) in [5.41, 5.74) is 1.41. The topological polar surface area (TPSA) is 133 Å². The van der Waals surface area contributed by atoms with Gasteiger partial charge in [-0.15, -0.1) is 0 Å². The van der Waals surface area contributed by atoms with E-state index in [9.17, 15) is 29.4 Å². The van der Waals surface area contributed by atoms with Crippen molar-refractivity contribution in [2.24, 2.45) is 5.41 Å². The summed E-state index contributed by atoms with van der Waals surface area (Å²) in [4.78, 5) is 48.2. The largest absolute Gasteiger partial charge is 0.396 e. The molecule has 0 heterocycles. The van der Waals surface area contributed by atoms with E-state index in [4.69, 9.17) is 0 Å². The molecule has 8 nitrogen and oxygen atoms in total. The molecular formula is C26H32N2O6. The van der Waals surface area contributed by atoms with Crippen LogP contribution in [-0.4, -0.2) is 52.8 Å². The zero-order valence-corrected chi connectivity index (χ0v) is 19.5. The average Bonchev–Trinajstić information content (AvgIpc) is 2.83. The highest BCUT2D eigenvalue weighted by molar-refractivity contribution is 6.37. The van der Waals surface area contributed by atoms with Crippen LogP contribution in [0.4, 0.5) is 5.69 Å². The van der Waals surface area contributed by atoms with Crippen LogP contribution >= 0.6 is 0 Å². The Labute approximate surface area is 199 Å². The SMILES string of the molecule is CC(C)(CO)[C@@H](O)C(=O)NCCC(=O)C(=O)CCc1ccc(NC(=O)Cc2ccccc2)cc1. The molecule has 8 heteroatoms. The van der Waals surface area contributed by atoms with Crippen LogP contribution in [0.15, 0.2) is 54.6 Å². The third-order valence-corrected chi connectivity index (χ3v) is 5.44. The minimum Gasteiger partial charge on any atom is -0.396 e. The molecule has 0 spiro atoms.